The second kappa shape index (κ2) is 6.85. The first-order valence-corrected chi connectivity index (χ1v) is 6.78. The van der Waals surface area contributed by atoms with Gasteiger partial charge < -0.3 is 15.8 Å². The van der Waals surface area contributed by atoms with Crippen molar-refractivity contribution in [3.63, 3.8) is 0 Å². The number of nitrogens with two attached hydrogens (primary N) is 1. The Balaban J connectivity index is 2.00. The monoisotopic (exact) mass is 349 g/mol. The number of nitrogens with one attached hydrogen (secondary N) is 1. The first-order valence-electron chi connectivity index (χ1n) is 5.98. The van der Waals surface area contributed by atoms with Crippen LogP contribution < -0.4 is 15.8 Å². The molecule has 0 atom stereocenters. The van der Waals surface area contributed by atoms with E-state index in [1.165, 1.54) is 0 Å². The molecule has 3 N–H and O–H groups in total. The molecular weight excluding hydrogens is 338 g/mol. The standard InChI is InChI=1S/C14H12BrN3O3/c15-12-7-9(5-6-17-12)14(20)18-10-1-3-11(4-2-10)21-8-13(16)19/h1-7H,8H2,(H2,16,19)(H,18,20). The van der Waals surface area contributed by atoms with Crippen molar-refractivity contribution in [1.82, 2.24) is 4.98 Å². The first kappa shape index (κ1) is 15.0. The van der Waals surface area contributed by atoms with Crippen LogP contribution in [0.5, 0.6) is 5.75 Å². The number of halogens is 1. The van der Waals surface area contributed by atoms with Crippen LogP contribution in [0.4, 0.5) is 5.69 Å². The van der Waals surface area contributed by atoms with E-state index in [2.05, 4.69) is 26.2 Å². The maximum absolute atomic E-state index is 12.0. The summed E-state index contributed by atoms with van der Waals surface area (Å²) in [5.74, 6) is -0.294. The van der Waals surface area contributed by atoms with Crippen LogP contribution in [-0.2, 0) is 4.79 Å². The van der Waals surface area contributed by atoms with Gasteiger partial charge in [0.05, 0.1) is 0 Å². The van der Waals surface area contributed by atoms with Gasteiger partial charge in [0.25, 0.3) is 11.8 Å². The van der Waals surface area contributed by atoms with Crippen LogP contribution in [0.2, 0.25) is 0 Å². The molecule has 0 fully saturated rings. The highest BCUT2D eigenvalue weighted by Crippen LogP contribution is 2.17. The van der Waals surface area contributed by atoms with Crippen LogP contribution >= 0.6 is 15.9 Å². The summed E-state index contributed by atoms with van der Waals surface area (Å²) < 4.78 is 5.71. The molecule has 1 heterocycles. The second-order valence-electron chi connectivity index (χ2n) is 4.10. The SMILES string of the molecule is NC(=O)COc1ccc(NC(=O)c2ccnc(Br)c2)cc1. The molecule has 0 unspecified atom stereocenters. The normalized spacial score (nSPS) is 9.95. The largest absolute Gasteiger partial charge is 0.484 e. The summed E-state index contributed by atoms with van der Waals surface area (Å²) in [5, 5.41) is 2.74. The lowest BCUT2D eigenvalue weighted by molar-refractivity contribution is -0.119. The molecule has 1 aromatic carbocycles. The number of ether oxygens (including phenoxy) is 1. The van der Waals surface area contributed by atoms with Crippen LogP contribution in [-0.4, -0.2) is 23.4 Å². The second-order valence-corrected chi connectivity index (χ2v) is 4.91. The molecule has 2 aromatic rings. The predicted molar refractivity (Wildman–Crippen MR) is 81.0 cm³/mol. The van der Waals surface area contributed by atoms with Gasteiger partial charge in [-0.25, -0.2) is 4.98 Å². The molecule has 7 heteroatoms. The van der Waals surface area contributed by atoms with Crippen LogP contribution in [0.1, 0.15) is 10.4 Å². The smallest absolute Gasteiger partial charge is 0.255 e. The molecule has 0 aliphatic carbocycles. The Morgan fingerprint density at radius 2 is 1.95 bits per heavy atom. The van der Waals surface area contributed by atoms with E-state index < -0.39 is 5.91 Å². The van der Waals surface area contributed by atoms with Crippen LogP contribution in [0, 0.1) is 0 Å². The lowest BCUT2D eigenvalue weighted by Gasteiger charge is -2.07. The van der Waals surface area contributed by atoms with E-state index in [0.717, 1.165) is 0 Å². The highest BCUT2D eigenvalue weighted by atomic mass is 79.9. The highest BCUT2D eigenvalue weighted by Gasteiger charge is 2.07. The van der Waals surface area contributed by atoms with Crippen molar-refractivity contribution in [3.05, 3.63) is 52.8 Å². The van der Waals surface area contributed by atoms with Crippen LogP contribution in [0.25, 0.3) is 0 Å². The topological polar surface area (TPSA) is 94.3 Å². The minimum Gasteiger partial charge on any atom is -0.484 e. The van der Waals surface area contributed by atoms with Gasteiger partial charge in [-0.1, -0.05) is 0 Å². The van der Waals surface area contributed by atoms with E-state index in [9.17, 15) is 9.59 Å². The van der Waals surface area contributed by atoms with Gasteiger partial charge in [0.2, 0.25) is 0 Å². The Kier molecular flexibility index (Phi) is 4.89. The zero-order chi connectivity index (χ0) is 15.2. The average Bonchev–Trinajstić information content (AvgIpc) is 2.46. The van der Waals surface area contributed by atoms with Gasteiger partial charge >= 0.3 is 0 Å². The number of nitrogens with zero attached hydrogens (tertiary/aromatic N) is 1. The number of carbonyl (C=O) groups is 2. The fourth-order valence-electron chi connectivity index (χ4n) is 1.54. The Bertz CT molecular complexity index is 659. The average molecular weight is 350 g/mol. The Hall–Kier alpha value is -2.41. The summed E-state index contributed by atoms with van der Waals surface area (Å²) in [6, 6.07) is 9.86. The third kappa shape index (κ3) is 4.57. The zero-order valence-corrected chi connectivity index (χ0v) is 12.5. The number of amides is 2. The minimum absolute atomic E-state index is 0.184. The fraction of sp³-hybridized carbons (Fsp3) is 0.0714. The van der Waals surface area contributed by atoms with Gasteiger partial charge in [-0.3, -0.25) is 9.59 Å². The lowest BCUT2D eigenvalue weighted by Crippen LogP contribution is -2.20. The molecule has 0 saturated heterocycles. The third-order valence-electron chi connectivity index (χ3n) is 2.48. The van der Waals surface area contributed by atoms with Crippen molar-refractivity contribution in [3.8, 4) is 5.75 Å². The van der Waals surface area contributed by atoms with Crippen LogP contribution in [0.3, 0.4) is 0 Å². The number of rotatable bonds is 5. The molecule has 0 bridgehead atoms. The van der Waals surface area contributed by atoms with E-state index in [4.69, 9.17) is 10.5 Å². The third-order valence-corrected chi connectivity index (χ3v) is 2.92. The maximum atomic E-state index is 12.0. The number of primary amides is 1. The van der Waals surface area contributed by atoms with E-state index in [1.807, 2.05) is 0 Å². The van der Waals surface area contributed by atoms with E-state index >= 15 is 0 Å². The van der Waals surface area contributed by atoms with Crippen molar-refractivity contribution in [2.45, 2.75) is 0 Å². The quantitative estimate of drug-likeness (QED) is 0.806. The molecule has 0 spiro atoms. The molecule has 108 valence electrons. The summed E-state index contributed by atoms with van der Waals surface area (Å²) in [5.41, 5.74) is 6.08. The molecule has 0 radical (unpaired) electrons. The summed E-state index contributed by atoms with van der Waals surface area (Å²) in [6.07, 6.45) is 1.54. The number of hydrogen-bond acceptors (Lipinski definition) is 4. The summed E-state index contributed by atoms with van der Waals surface area (Å²) in [7, 11) is 0. The Morgan fingerprint density at radius 1 is 1.24 bits per heavy atom. The Morgan fingerprint density at radius 3 is 2.57 bits per heavy atom. The number of pyridine rings is 1. The molecule has 6 nitrogen and oxygen atoms in total. The van der Waals surface area contributed by atoms with Gasteiger partial charge in [-0.05, 0) is 52.3 Å². The first-order chi connectivity index (χ1) is 10.0. The molecule has 21 heavy (non-hydrogen) atoms. The number of carbonyl (C=O) groups excluding carboxylic acids is 2. The van der Waals surface area contributed by atoms with Gasteiger partial charge in [-0.2, -0.15) is 0 Å². The zero-order valence-electron chi connectivity index (χ0n) is 10.9. The molecule has 1 aromatic heterocycles. The summed E-state index contributed by atoms with van der Waals surface area (Å²) in [6.45, 7) is -0.184. The predicted octanol–water partition coefficient (Wildman–Crippen LogP) is 1.96. The van der Waals surface area contributed by atoms with Crippen molar-refractivity contribution >= 4 is 33.4 Å². The van der Waals surface area contributed by atoms with Gasteiger partial charge in [-0.15, -0.1) is 0 Å². The lowest BCUT2D eigenvalue weighted by atomic mass is 10.2. The minimum atomic E-state index is -0.546. The van der Waals surface area contributed by atoms with Gasteiger partial charge in [0, 0.05) is 17.4 Å². The molecule has 2 amide bonds. The number of aromatic nitrogens is 1. The molecule has 0 aliphatic heterocycles. The summed E-state index contributed by atoms with van der Waals surface area (Å²) >= 11 is 3.21. The molecular formula is C14H12BrN3O3. The molecule has 0 aliphatic rings. The van der Waals surface area contributed by atoms with Gasteiger partial charge in [0.1, 0.15) is 10.4 Å². The van der Waals surface area contributed by atoms with Crippen molar-refractivity contribution < 1.29 is 14.3 Å². The fourth-order valence-corrected chi connectivity index (χ4v) is 1.90. The number of benzene rings is 1. The maximum Gasteiger partial charge on any atom is 0.255 e. The van der Waals surface area contributed by atoms with Crippen molar-refractivity contribution in [1.29, 1.82) is 0 Å². The summed E-state index contributed by atoms with van der Waals surface area (Å²) in [4.78, 5) is 26.6. The van der Waals surface area contributed by atoms with Crippen molar-refractivity contribution in [2.75, 3.05) is 11.9 Å². The van der Waals surface area contributed by atoms with Gasteiger partial charge in [0.15, 0.2) is 6.61 Å². The van der Waals surface area contributed by atoms with E-state index in [0.29, 0.717) is 21.6 Å². The van der Waals surface area contributed by atoms with Crippen molar-refractivity contribution in [2.24, 2.45) is 5.73 Å². The molecule has 0 saturated carbocycles. The highest BCUT2D eigenvalue weighted by molar-refractivity contribution is 9.10. The van der Waals surface area contributed by atoms with Crippen LogP contribution in [0.15, 0.2) is 47.2 Å². The number of hydrogen-bond donors (Lipinski definition) is 2. The molecule has 2 rings (SSSR count). The Labute approximate surface area is 129 Å². The van der Waals surface area contributed by atoms with E-state index in [1.54, 1.807) is 42.6 Å². The van der Waals surface area contributed by atoms with E-state index in [-0.39, 0.29) is 12.5 Å². The number of anilines is 1.